The van der Waals surface area contributed by atoms with Crippen LogP contribution < -0.4 is 5.32 Å². The number of benzene rings is 2. The molecule has 1 amide bonds. The van der Waals surface area contributed by atoms with Crippen molar-refractivity contribution in [2.24, 2.45) is 0 Å². The Balaban J connectivity index is 1.56. The fourth-order valence-electron chi connectivity index (χ4n) is 2.89. The molecule has 0 saturated carbocycles. The number of nitrogens with one attached hydrogen (secondary N) is 1. The van der Waals surface area contributed by atoms with E-state index in [1.165, 1.54) is 17.7 Å². The summed E-state index contributed by atoms with van der Waals surface area (Å²) in [6, 6.07) is 14.6. The Morgan fingerprint density at radius 1 is 1.26 bits per heavy atom. The summed E-state index contributed by atoms with van der Waals surface area (Å²) in [5, 5.41) is 3.00. The van der Waals surface area contributed by atoms with E-state index in [2.05, 4.69) is 38.3 Å². The standard InChI is InChI=1S/C18H18BrFN2O/c19-15-8-14(9-16(20)10-15)18(23)21-17-6-7-22(12-17)11-13-4-2-1-3-5-13/h1-5,8-10,17H,6-7,11-12H2,(H,21,23). The van der Waals surface area contributed by atoms with Gasteiger partial charge in [0.2, 0.25) is 0 Å². The monoisotopic (exact) mass is 376 g/mol. The number of nitrogens with zero attached hydrogens (tertiary/aromatic N) is 1. The summed E-state index contributed by atoms with van der Waals surface area (Å²) in [5.74, 6) is -0.640. The van der Waals surface area contributed by atoms with Gasteiger partial charge in [0.05, 0.1) is 0 Å². The highest BCUT2D eigenvalue weighted by Crippen LogP contribution is 2.17. The van der Waals surface area contributed by atoms with Crippen molar-refractivity contribution >= 4 is 21.8 Å². The van der Waals surface area contributed by atoms with Crippen LogP contribution in [0.3, 0.4) is 0 Å². The lowest BCUT2D eigenvalue weighted by molar-refractivity contribution is 0.0937. The second kappa shape index (κ2) is 7.23. The van der Waals surface area contributed by atoms with Crippen LogP contribution in [-0.2, 0) is 6.54 Å². The maximum atomic E-state index is 13.4. The molecule has 120 valence electrons. The van der Waals surface area contributed by atoms with Gasteiger partial charge in [-0.25, -0.2) is 4.39 Å². The minimum atomic E-state index is -0.415. The van der Waals surface area contributed by atoms with Gasteiger partial charge in [-0.05, 0) is 30.2 Å². The van der Waals surface area contributed by atoms with Crippen LogP contribution in [0.5, 0.6) is 0 Å². The molecule has 1 atom stereocenters. The zero-order valence-corrected chi connectivity index (χ0v) is 14.2. The molecule has 0 spiro atoms. The molecule has 0 aromatic heterocycles. The first-order valence-electron chi connectivity index (χ1n) is 7.63. The Labute approximate surface area is 143 Å². The van der Waals surface area contributed by atoms with Crippen LogP contribution in [0, 0.1) is 5.82 Å². The van der Waals surface area contributed by atoms with Crippen LogP contribution in [0.25, 0.3) is 0 Å². The van der Waals surface area contributed by atoms with Gasteiger partial charge in [-0.2, -0.15) is 0 Å². The van der Waals surface area contributed by atoms with E-state index < -0.39 is 5.82 Å². The van der Waals surface area contributed by atoms with Crippen molar-refractivity contribution in [1.82, 2.24) is 10.2 Å². The molecule has 2 aromatic rings. The van der Waals surface area contributed by atoms with Crippen LogP contribution in [0.4, 0.5) is 4.39 Å². The molecule has 1 fully saturated rings. The Morgan fingerprint density at radius 2 is 2.04 bits per heavy atom. The predicted molar refractivity (Wildman–Crippen MR) is 91.7 cm³/mol. The quantitative estimate of drug-likeness (QED) is 0.883. The van der Waals surface area contributed by atoms with Gasteiger partial charge in [0.15, 0.2) is 0 Å². The van der Waals surface area contributed by atoms with E-state index >= 15 is 0 Å². The van der Waals surface area contributed by atoms with E-state index in [9.17, 15) is 9.18 Å². The number of amides is 1. The number of carbonyl (C=O) groups excluding carboxylic acids is 1. The van der Waals surface area contributed by atoms with Gasteiger partial charge in [-0.1, -0.05) is 46.3 Å². The van der Waals surface area contributed by atoms with E-state index in [1.54, 1.807) is 6.07 Å². The number of likely N-dealkylation sites (tertiary alicyclic amines) is 1. The van der Waals surface area contributed by atoms with Gasteiger partial charge >= 0.3 is 0 Å². The molecule has 1 aliphatic rings. The van der Waals surface area contributed by atoms with Crippen LogP contribution in [0.1, 0.15) is 22.3 Å². The summed E-state index contributed by atoms with van der Waals surface area (Å²) >= 11 is 3.21. The number of hydrogen-bond acceptors (Lipinski definition) is 2. The summed E-state index contributed by atoms with van der Waals surface area (Å²) < 4.78 is 14.0. The first-order chi connectivity index (χ1) is 11.1. The van der Waals surface area contributed by atoms with Gasteiger partial charge in [0.1, 0.15) is 5.82 Å². The molecule has 1 N–H and O–H groups in total. The molecule has 0 aliphatic carbocycles. The highest BCUT2D eigenvalue weighted by atomic mass is 79.9. The second-order valence-corrected chi connectivity index (χ2v) is 6.75. The number of rotatable bonds is 4. The molecule has 5 heteroatoms. The molecule has 3 rings (SSSR count). The van der Waals surface area contributed by atoms with Crippen molar-refractivity contribution in [3.05, 3.63) is 69.9 Å². The maximum absolute atomic E-state index is 13.4. The number of halogens is 2. The Morgan fingerprint density at radius 3 is 2.78 bits per heavy atom. The Kier molecular flexibility index (Phi) is 5.08. The summed E-state index contributed by atoms with van der Waals surface area (Å²) in [7, 11) is 0. The van der Waals surface area contributed by atoms with Gasteiger partial charge in [-0.3, -0.25) is 9.69 Å². The van der Waals surface area contributed by atoms with Crippen LogP contribution in [-0.4, -0.2) is 29.9 Å². The highest BCUT2D eigenvalue weighted by Gasteiger charge is 2.24. The van der Waals surface area contributed by atoms with Crippen molar-refractivity contribution in [1.29, 1.82) is 0 Å². The molecule has 23 heavy (non-hydrogen) atoms. The highest BCUT2D eigenvalue weighted by molar-refractivity contribution is 9.10. The molecule has 2 aromatic carbocycles. The molecule has 3 nitrogen and oxygen atoms in total. The maximum Gasteiger partial charge on any atom is 0.251 e. The van der Waals surface area contributed by atoms with Gasteiger partial charge in [0.25, 0.3) is 5.91 Å². The summed E-state index contributed by atoms with van der Waals surface area (Å²) in [6.07, 6.45) is 0.912. The molecular formula is C18H18BrFN2O. The third-order valence-corrected chi connectivity index (χ3v) is 4.44. The van der Waals surface area contributed by atoms with Crippen molar-refractivity contribution in [2.75, 3.05) is 13.1 Å². The minimum Gasteiger partial charge on any atom is -0.348 e. The average Bonchev–Trinajstić information content (AvgIpc) is 2.94. The molecule has 1 unspecified atom stereocenters. The van der Waals surface area contributed by atoms with Crippen LogP contribution in [0.2, 0.25) is 0 Å². The van der Waals surface area contributed by atoms with E-state index in [0.29, 0.717) is 10.0 Å². The smallest absolute Gasteiger partial charge is 0.251 e. The zero-order valence-electron chi connectivity index (χ0n) is 12.6. The third-order valence-electron chi connectivity index (χ3n) is 3.98. The third kappa shape index (κ3) is 4.39. The first-order valence-corrected chi connectivity index (χ1v) is 8.43. The molecule has 1 saturated heterocycles. The van der Waals surface area contributed by atoms with Crippen molar-refractivity contribution < 1.29 is 9.18 Å². The summed E-state index contributed by atoms with van der Waals surface area (Å²) in [6.45, 7) is 2.66. The van der Waals surface area contributed by atoms with Crippen molar-refractivity contribution in [3.63, 3.8) is 0 Å². The number of carbonyl (C=O) groups is 1. The van der Waals surface area contributed by atoms with E-state index in [0.717, 1.165) is 26.1 Å². The summed E-state index contributed by atoms with van der Waals surface area (Å²) in [4.78, 5) is 14.6. The fourth-order valence-corrected chi connectivity index (χ4v) is 3.35. The molecular weight excluding hydrogens is 359 g/mol. The summed E-state index contributed by atoms with van der Waals surface area (Å²) in [5.41, 5.74) is 1.62. The first kappa shape index (κ1) is 16.1. The minimum absolute atomic E-state index is 0.105. The van der Waals surface area contributed by atoms with E-state index in [1.807, 2.05) is 18.2 Å². The van der Waals surface area contributed by atoms with Crippen LogP contribution in [0.15, 0.2) is 53.0 Å². The van der Waals surface area contributed by atoms with Gasteiger partial charge in [-0.15, -0.1) is 0 Å². The largest absolute Gasteiger partial charge is 0.348 e. The second-order valence-electron chi connectivity index (χ2n) is 5.84. The molecule has 1 heterocycles. The molecule has 0 radical (unpaired) electrons. The zero-order chi connectivity index (χ0) is 16.2. The lowest BCUT2D eigenvalue weighted by Crippen LogP contribution is -2.37. The van der Waals surface area contributed by atoms with Crippen LogP contribution >= 0.6 is 15.9 Å². The topological polar surface area (TPSA) is 32.3 Å². The Bertz CT molecular complexity index is 672. The average molecular weight is 377 g/mol. The normalized spacial score (nSPS) is 18.1. The van der Waals surface area contributed by atoms with E-state index in [4.69, 9.17) is 0 Å². The van der Waals surface area contributed by atoms with Crippen molar-refractivity contribution in [2.45, 2.75) is 19.0 Å². The van der Waals surface area contributed by atoms with Crippen molar-refractivity contribution in [3.8, 4) is 0 Å². The number of hydrogen-bond donors (Lipinski definition) is 1. The lowest BCUT2D eigenvalue weighted by Gasteiger charge is -2.17. The fraction of sp³-hybridized carbons (Fsp3) is 0.278. The van der Waals surface area contributed by atoms with Gasteiger partial charge in [0, 0.05) is 35.7 Å². The molecule has 0 bridgehead atoms. The lowest BCUT2D eigenvalue weighted by atomic mass is 10.2. The van der Waals surface area contributed by atoms with Gasteiger partial charge < -0.3 is 5.32 Å². The predicted octanol–water partition coefficient (Wildman–Crippen LogP) is 3.59. The SMILES string of the molecule is O=C(NC1CCN(Cc2ccccc2)C1)c1cc(F)cc(Br)c1. The van der Waals surface area contributed by atoms with E-state index in [-0.39, 0.29) is 11.9 Å². The molecule has 1 aliphatic heterocycles. The Hall–Kier alpha value is -1.72.